The first kappa shape index (κ1) is 14.0. The van der Waals surface area contributed by atoms with E-state index in [0.717, 1.165) is 24.3 Å². The van der Waals surface area contributed by atoms with E-state index in [9.17, 15) is 4.21 Å². The minimum Gasteiger partial charge on any atom is -0.464 e. The molecule has 0 saturated carbocycles. The number of anilines is 2. The van der Waals surface area contributed by atoms with Gasteiger partial charge >= 0.3 is 6.01 Å². The Balaban J connectivity index is 2.06. The quantitative estimate of drug-likeness (QED) is 0.820. The van der Waals surface area contributed by atoms with Gasteiger partial charge in [-0.15, -0.1) is 0 Å². The topological polar surface area (TPSA) is 89.0 Å². The minimum atomic E-state index is -0.663. The molecule has 2 heterocycles. The highest BCUT2D eigenvalue weighted by molar-refractivity contribution is 7.85. The molecule has 0 atom stereocenters. The molecular formula is C11H19N5O2S. The molecule has 1 aliphatic heterocycles. The van der Waals surface area contributed by atoms with Crippen molar-refractivity contribution in [2.24, 2.45) is 0 Å². The second-order valence-corrected chi connectivity index (χ2v) is 5.91. The predicted octanol–water partition coefficient (Wildman–Crippen LogP) is 0.635. The fraction of sp³-hybridized carbons (Fsp3) is 0.727. The third-order valence-electron chi connectivity index (χ3n) is 2.83. The molecule has 19 heavy (non-hydrogen) atoms. The molecule has 8 heteroatoms. The smallest absolute Gasteiger partial charge is 0.323 e. The van der Waals surface area contributed by atoms with Gasteiger partial charge in [-0.2, -0.15) is 15.0 Å². The van der Waals surface area contributed by atoms with Crippen LogP contribution in [0.2, 0.25) is 0 Å². The van der Waals surface area contributed by atoms with Crippen molar-refractivity contribution in [3.05, 3.63) is 0 Å². The fourth-order valence-corrected chi connectivity index (χ4v) is 3.15. The van der Waals surface area contributed by atoms with Crippen molar-refractivity contribution in [1.29, 1.82) is 0 Å². The van der Waals surface area contributed by atoms with Gasteiger partial charge in [-0.05, 0) is 19.8 Å². The zero-order chi connectivity index (χ0) is 13.7. The first-order valence-corrected chi connectivity index (χ1v) is 7.88. The van der Waals surface area contributed by atoms with E-state index in [1.165, 1.54) is 0 Å². The van der Waals surface area contributed by atoms with Gasteiger partial charge in [0.1, 0.15) is 0 Å². The largest absolute Gasteiger partial charge is 0.464 e. The van der Waals surface area contributed by atoms with Crippen LogP contribution in [0.1, 0.15) is 19.8 Å². The average Bonchev–Trinajstić information content (AvgIpc) is 2.41. The third-order valence-corrected chi connectivity index (χ3v) is 4.22. The Morgan fingerprint density at radius 2 is 1.95 bits per heavy atom. The molecule has 1 aromatic heterocycles. The Bertz CT molecular complexity index is 447. The van der Waals surface area contributed by atoms with Crippen LogP contribution in [-0.4, -0.2) is 50.4 Å². The summed E-state index contributed by atoms with van der Waals surface area (Å²) in [5, 5.41) is 6.14. The molecule has 0 bridgehead atoms. The van der Waals surface area contributed by atoms with E-state index in [4.69, 9.17) is 4.74 Å². The molecule has 0 amide bonds. The summed E-state index contributed by atoms with van der Waals surface area (Å²) in [6.07, 6.45) is 1.74. The number of nitrogens with zero attached hydrogens (tertiary/aromatic N) is 3. The summed E-state index contributed by atoms with van der Waals surface area (Å²) in [6.45, 7) is 2.39. The van der Waals surface area contributed by atoms with Crippen molar-refractivity contribution < 1.29 is 8.95 Å². The van der Waals surface area contributed by atoms with E-state index < -0.39 is 10.8 Å². The van der Waals surface area contributed by atoms with E-state index in [2.05, 4.69) is 25.6 Å². The monoisotopic (exact) mass is 285 g/mol. The summed E-state index contributed by atoms with van der Waals surface area (Å²) in [7, 11) is 1.09. The van der Waals surface area contributed by atoms with Gasteiger partial charge in [0.25, 0.3) is 0 Å². The molecule has 0 spiro atoms. The van der Waals surface area contributed by atoms with Crippen LogP contribution in [0.3, 0.4) is 0 Å². The maximum Gasteiger partial charge on any atom is 0.323 e. The zero-order valence-corrected chi connectivity index (χ0v) is 12.0. The molecule has 0 aromatic carbocycles. The lowest BCUT2D eigenvalue weighted by Crippen LogP contribution is -2.30. The van der Waals surface area contributed by atoms with Crippen molar-refractivity contribution in [3.63, 3.8) is 0 Å². The van der Waals surface area contributed by atoms with Crippen LogP contribution < -0.4 is 15.4 Å². The van der Waals surface area contributed by atoms with Gasteiger partial charge in [0.05, 0.1) is 6.61 Å². The van der Waals surface area contributed by atoms with E-state index in [1.54, 1.807) is 7.05 Å². The van der Waals surface area contributed by atoms with Crippen molar-refractivity contribution >= 4 is 22.7 Å². The number of ether oxygens (including phenoxy) is 1. The summed E-state index contributed by atoms with van der Waals surface area (Å²) in [5.41, 5.74) is 0. The average molecular weight is 285 g/mol. The van der Waals surface area contributed by atoms with Gasteiger partial charge in [-0.3, -0.25) is 4.21 Å². The van der Waals surface area contributed by atoms with Crippen LogP contribution >= 0.6 is 0 Å². The van der Waals surface area contributed by atoms with Crippen LogP contribution in [0.15, 0.2) is 0 Å². The summed E-state index contributed by atoms with van der Waals surface area (Å²) in [5.74, 6) is 2.45. The molecule has 106 valence electrons. The van der Waals surface area contributed by atoms with Gasteiger partial charge in [-0.25, -0.2) is 0 Å². The summed E-state index contributed by atoms with van der Waals surface area (Å²) in [6, 6.07) is 0.572. The molecule has 0 aliphatic carbocycles. The standard InChI is InChI=1S/C11H19N5O2S/c1-3-18-11-15-9(12-2)14-10(16-11)13-8-4-6-19(17)7-5-8/h8H,3-7H2,1-2H3,(H2,12,13,14,15,16). The third kappa shape index (κ3) is 4.02. The molecule has 2 N–H and O–H groups in total. The highest BCUT2D eigenvalue weighted by Crippen LogP contribution is 2.16. The van der Waals surface area contributed by atoms with Crippen LogP contribution in [0, 0.1) is 0 Å². The fourth-order valence-electron chi connectivity index (χ4n) is 1.85. The minimum absolute atomic E-state index is 0.263. The van der Waals surface area contributed by atoms with Crippen LogP contribution in [0.4, 0.5) is 11.9 Å². The maximum absolute atomic E-state index is 11.3. The van der Waals surface area contributed by atoms with Gasteiger partial charge < -0.3 is 15.4 Å². The molecule has 2 rings (SSSR count). The Kier molecular flexibility index (Phi) is 4.89. The van der Waals surface area contributed by atoms with Gasteiger partial charge in [0, 0.05) is 35.4 Å². The second kappa shape index (κ2) is 6.65. The van der Waals surface area contributed by atoms with E-state index >= 15 is 0 Å². The lowest BCUT2D eigenvalue weighted by molar-refractivity contribution is 0.312. The lowest BCUT2D eigenvalue weighted by atomic mass is 10.2. The molecule has 1 aromatic rings. The number of rotatable bonds is 5. The van der Waals surface area contributed by atoms with Gasteiger partial charge in [0.2, 0.25) is 11.9 Å². The van der Waals surface area contributed by atoms with Gasteiger partial charge in [-0.1, -0.05) is 0 Å². The molecule has 7 nitrogen and oxygen atoms in total. The Labute approximate surface area is 115 Å². The molecule has 1 aliphatic rings. The number of aromatic nitrogens is 3. The summed E-state index contributed by atoms with van der Waals surface area (Å²) >= 11 is 0. The number of hydrogen-bond acceptors (Lipinski definition) is 7. The molecule has 0 radical (unpaired) electrons. The number of hydrogen-bond donors (Lipinski definition) is 2. The Hall–Kier alpha value is -1.44. The first-order chi connectivity index (χ1) is 9.21. The Morgan fingerprint density at radius 1 is 1.26 bits per heavy atom. The SMILES string of the molecule is CCOc1nc(NC)nc(NC2CCS(=O)CC2)n1. The van der Waals surface area contributed by atoms with E-state index in [-0.39, 0.29) is 6.04 Å². The van der Waals surface area contributed by atoms with Crippen molar-refractivity contribution in [3.8, 4) is 6.01 Å². The molecule has 1 saturated heterocycles. The lowest BCUT2D eigenvalue weighted by Gasteiger charge is -2.22. The maximum atomic E-state index is 11.3. The zero-order valence-electron chi connectivity index (χ0n) is 11.2. The van der Waals surface area contributed by atoms with Crippen molar-refractivity contribution in [1.82, 2.24) is 15.0 Å². The van der Waals surface area contributed by atoms with Crippen LogP contribution in [0.25, 0.3) is 0 Å². The van der Waals surface area contributed by atoms with Crippen LogP contribution in [0.5, 0.6) is 6.01 Å². The first-order valence-electron chi connectivity index (χ1n) is 6.39. The highest BCUT2D eigenvalue weighted by Gasteiger charge is 2.19. The summed E-state index contributed by atoms with van der Waals surface area (Å²) in [4.78, 5) is 12.6. The highest BCUT2D eigenvalue weighted by atomic mass is 32.2. The molecular weight excluding hydrogens is 266 g/mol. The van der Waals surface area contributed by atoms with Crippen molar-refractivity contribution in [2.75, 3.05) is 35.8 Å². The normalized spacial score (nSPS) is 22.8. The Morgan fingerprint density at radius 3 is 2.58 bits per heavy atom. The van der Waals surface area contributed by atoms with Crippen LogP contribution in [-0.2, 0) is 10.8 Å². The molecule has 0 unspecified atom stereocenters. The second-order valence-electron chi connectivity index (χ2n) is 4.21. The molecule has 1 fully saturated rings. The summed E-state index contributed by atoms with van der Waals surface area (Å²) < 4.78 is 16.6. The number of nitrogens with one attached hydrogen (secondary N) is 2. The van der Waals surface area contributed by atoms with Crippen molar-refractivity contribution in [2.45, 2.75) is 25.8 Å². The van der Waals surface area contributed by atoms with E-state index in [1.807, 2.05) is 6.92 Å². The van der Waals surface area contributed by atoms with E-state index in [0.29, 0.717) is 24.5 Å². The van der Waals surface area contributed by atoms with Gasteiger partial charge in [0.15, 0.2) is 0 Å². The predicted molar refractivity (Wildman–Crippen MR) is 75.1 cm³/mol.